The van der Waals surface area contributed by atoms with Crippen LogP contribution in [0.3, 0.4) is 0 Å². The molecule has 0 spiro atoms. The fourth-order valence-electron chi connectivity index (χ4n) is 2.80. The van der Waals surface area contributed by atoms with Gasteiger partial charge in [-0.2, -0.15) is 0 Å². The molecule has 1 saturated heterocycles. The summed E-state index contributed by atoms with van der Waals surface area (Å²) in [5, 5.41) is 0. The summed E-state index contributed by atoms with van der Waals surface area (Å²) >= 11 is 0. The minimum absolute atomic E-state index is 0.0163. The molecule has 1 fully saturated rings. The first-order valence-corrected chi connectivity index (χ1v) is 8.12. The summed E-state index contributed by atoms with van der Waals surface area (Å²) in [7, 11) is 0. The number of aromatic nitrogens is 1. The van der Waals surface area contributed by atoms with Crippen LogP contribution < -0.4 is 4.90 Å². The van der Waals surface area contributed by atoms with Crippen molar-refractivity contribution in [1.82, 2.24) is 9.88 Å². The Bertz CT molecular complexity index is 730. The molecule has 124 valence electrons. The van der Waals surface area contributed by atoms with Crippen molar-refractivity contribution in [3.8, 4) is 0 Å². The Morgan fingerprint density at radius 2 is 1.54 bits per heavy atom. The first kappa shape index (κ1) is 16.2. The molecule has 5 heteroatoms. The van der Waals surface area contributed by atoms with Crippen LogP contribution in [0.1, 0.15) is 33.2 Å². The predicted octanol–water partition coefficient (Wildman–Crippen LogP) is 2.56. The summed E-state index contributed by atoms with van der Waals surface area (Å²) in [5.74, 6) is 0.944. The van der Waals surface area contributed by atoms with Crippen LogP contribution >= 0.6 is 0 Å². The smallest absolute Gasteiger partial charge is 0.253 e. The Morgan fingerprint density at radius 3 is 2.08 bits per heavy atom. The molecule has 0 atom stereocenters. The molecule has 0 saturated carbocycles. The monoisotopic (exact) mass is 323 g/mol. The average Bonchev–Trinajstić information content (AvgIpc) is 2.62. The number of nitrogens with zero attached hydrogens (tertiary/aromatic N) is 3. The Hall–Kier alpha value is -2.69. The topological polar surface area (TPSA) is 53.5 Å². The van der Waals surface area contributed by atoms with Crippen LogP contribution in [-0.4, -0.2) is 47.8 Å². The van der Waals surface area contributed by atoms with E-state index in [9.17, 15) is 9.59 Å². The lowest BCUT2D eigenvalue weighted by Gasteiger charge is -2.35. The molecule has 1 aromatic carbocycles. The van der Waals surface area contributed by atoms with Crippen molar-refractivity contribution in [3.05, 3.63) is 59.3 Å². The van der Waals surface area contributed by atoms with Crippen LogP contribution in [0.4, 0.5) is 5.82 Å². The third kappa shape index (κ3) is 3.45. The molecular formula is C19H21N3O2. The first-order valence-electron chi connectivity index (χ1n) is 8.12. The lowest BCUT2D eigenvalue weighted by molar-refractivity contribution is 0.0746. The third-order valence-electron chi connectivity index (χ3n) is 4.34. The molecule has 0 N–H and O–H groups in total. The van der Waals surface area contributed by atoms with Crippen LogP contribution in [0.2, 0.25) is 0 Å². The Morgan fingerprint density at radius 1 is 0.917 bits per heavy atom. The fraction of sp³-hybridized carbons (Fsp3) is 0.316. The zero-order valence-corrected chi connectivity index (χ0v) is 14.0. The van der Waals surface area contributed by atoms with Crippen molar-refractivity contribution in [2.45, 2.75) is 13.8 Å². The summed E-state index contributed by atoms with van der Waals surface area (Å²) in [6.07, 6.45) is 1.61. The summed E-state index contributed by atoms with van der Waals surface area (Å²) in [4.78, 5) is 32.2. The van der Waals surface area contributed by atoms with E-state index in [1.807, 2.05) is 42.2 Å². The second-order valence-corrected chi connectivity index (χ2v) is 6.11. The number of pyridine rings is 1. The predicted molar refractivity (Wildman–Crippen MR) is 93.5 cm³/mol. The maximum atomic E-state index is 12.5. The van der Waals surface area contributed by atoms with E-state index in [0.717, 1.165) is 30.0 Å². The van der Waals surface area contributed by atoms with Gasteiger partial charge in [0.1, 0.15) is 5.82 Å². The number of hydrogen-bond donors (Lipinski definition) is 0. The van der Waals surface area contributed by atoms with E-state index >= 15 is 0 Å². The van der Waals surface area contributed by atoms with E-state index < -0.39 is 0 Å². The molecule has 0 bridgehead atoms. The molecule has 1 aliphatic heterocycles. The highest BCUT2D eigenvalue weighted by Gasteiger charge is 2.22. The number of hydrogen-bond acceptors (Lipinski definition) is 4. The highest BCUT2D eigenvalue weighted by atomic mass is 16.2. The van der Waals surface area contributed by atoms with Gasteiger partial charge in [0.2, 0.25) is 0 Å². The van der Waals surface area contributed by atoms with E-state index in [-0.39, 0.29) is 11.7 Å². The molecule has 2 heterocycles. The molecule has 5 nitrogen and oxygen atoms in total. The van der Waals surface area contributed by atoms with E-state index in [2.05, 4.69) is 9.88 Å². The molecule has 0 aliphatic carbocycles. The van der Waals surface area contributed by atoms with Crippen LogP contribution in [0, 0.1) is 6.92 Å². The number of piperazine rings is 1. The number of amides is 1. The number of benzene rings is 1. The van der Waals surface area contributed by atoms with Gasteiger partial charge in [0.05, 0.1) is 0 Å². The zero-order valence-electron chi connectivity index (χ0n) is 14.0. The highest BCUT2D eigenvalue weighted by molar-refractivity contribution is 5.94. The van der Waals surface area contributed by atoms with Crippen molar-refractivity contribution in [2.24, 2.45) is 0 Å². The van der Waals surface area contributed by atoms with Gasteiger partial charge in [0, 0.05) is 43.5 Å². The number of anilines is 1. The van der Waals surface area contributed by atoms with Gasteiger partial charge in [-0.3, -0.25) is 9.59 Å². The number of ketones is 1. The third-order valence-corrected chi connectivity index (χ3v) is 4.34. The lowest BCUT2D eigenvalue weighted by Crippen LogP contribution is -2.49. The molecule has 0 unspecified atom stereocenters. The maximum Gasteiger partial charge on any atom is 0.253 e. The number of rotatable bonds is 3. The Labute approximate surface area is 141 Å². The van der Waals surface area contributed by atoms with Gasteiger partial charge in [-0.1, -0.05) is 17.7 Å². The van der Waals surface area contributed by atoms with Crippen LogP contribution in [0.15, 0.2) is 42.6 Å². The van der Waals surface area contributed by atoms with Crippen molar-refractivity contribution >= 4 is 17.5 Å². The minimum atomic E-state index is 0.0163. The number of carbonyl (C=O) groups is 2. The Kier molecular flexibility index (Phi) is 4.60. The van der Waals surface area contributed by atoms with Crippen LogP contribution in [0.25, 0.3) is 0 Å². The van der Waals surface area contributed by atoms with E-state index in [4.69, 9.17) is 0 Å². The molecule has 3 rings (SSSR count). The van der Waals surface area contributed by atoms with Crippen LogP contribution in [-0.2, 0) is 0 Å². The number of Topliss-reactive ketones (excluding diaryl/α,β-unsaturated/α-hetero) is 1. The van der Waals surface area contributed by atoms with Gasteiger partial charge >= 0.3 is 0 Å². The van der Waals surface area contributed by atoms with Gasteiger partial charge in [0.15, 0.2) is 5.78 Å². The molecule has 1 aromatic heterocycles. The van der Waals surface area contributed by atoms with Gasteiger partial charge in [0.25, 0.3) is 5.91 Å². The first-order chi connectivity index (χ1) is 11.5. The zero-order chi connectivity index (χ0) is 17.1. The second-order valence-electron chi connectivity index (χ2n) is 6.11. The standard InChI is InChI=1S/C19H21N3O2/c1-14-3-5-16(6-4-14)19(24)22-11-9-21(10-12-22)18-8-7-17(13-20-18)15(2)23/h3-8,13H,9-12H2,1-2H3. The van der Waals surface area contributed by atoms with Gasteiger partial charge < -0.3 is 9.80 Å². The summed E-state index contributed by atoms with van der Waals surface area (Å²) in [5.41, 5.74) is 2.50. The van der Waals surface area contributed by atoms with Gasteiger partial charge in [-0.05, 0) is 38.1 Å². The molecule has 1 aliphatic rings. The second kappa shape index (κ2) is 6.83. The lowest BCUT2D eigenvalue weighted by atomic mass is 10.1. The molecule has 0 radical (unpaired) electrons. The molecule has 2 aromatic rings. The molecular weight excluding hydrogens is 302 g/mol. The largest absolute Gasteiger partial charge is 0.353 e. The van der Waals surface area contributed by atoms with E-state index in [1.165, 1.54) is 6.92 Å². The fourth-order valence-corrected chi connectivity index (χ4v) is 2.80. The van der Waals surface area contributed by atoms with Gasteiger partial charge in [-0.15, -0.1) is 0 Å². The summed E-state index contributed by atoms with van der Waals surface area (Å²) in [6, 6.07) is 11.4. The van der Waals surface area contributed by atoms with Crippen molar-refractivity contribution in [2.75, 3.05) is 31.1 Å². The average molecular weight is 323 g/mol. The van der Waals surface area contributed by atoms with Crippen molar-refractivity contribution in [1.29, 1.82) is 0 Å². The van der Waals surface area contributed by atoms with E-state index in [0.29, 0.717) is 18.7 Å². The Balaban J connectivity index is 1.62. The van der Waals surface area contributed by atoms with Crippen molar-refractivity contribution < 1.29 is 9.59 Å². The number of aryl methyl sites for hydroxylation is 1. The molecule has 24 heavy (non-hydrogen) atoms. The normalized spacial score (nSPS) is 14.6. The quantitative estimate of drug-likeness (QED) is 0.815. The maximum absolute atomic E-state index is 12.5. The van der Waals surface area contributed by atoms with Gasteiger partial charge in [-0.25, -0.2) is 4.98 Å². The highest BCUT2D eigenvalue weighted by Crippen LogP contribution is 2.16. The van der Waals surface area contributed by atoms with Crippen molar-refractivity contribution in [3.63, 3.8) is 0 Å². The number of carbonyl (C=O) groups excluding carboxylic acids is 2. The summed E-state index contributed by atoms with van der Waals surface area (Å²) < 4.78 is 0. The van der Waals surface area contributed by atoms with Crippen LogP contribution in [0.5, 0.6) is 0 Å². The SMILES string of the molecule is CC(=O)c1ccc(N2CCN(C(=O)c3ccc(C)cc3)CC2)nc1. The molecule has 1 amide bonds. The van der Waals surface area contributed by atoms with E-state index in [1.54, 1.807) is 12.3 Å². The summed E-state index contributed by atoms with van der Waals surface area (Å²) in [6.45, 7) is 6.36. The minimum Gasteiger partial charge on any atom is -0.353 e.